The number of likely N-dealkylation sites (tertiary alicyclic amines) is 1. The summed E-state index contributed by atoms with van der Waals surface area (Å²) in [6.07, 6.45) is 1.90. The summed E-state index contributed by atoms with van der Waals surface area (Å²) in [7, 11) is 0. The molecule has 2 amide bonds. The van der Waals surface area contributed by atoms with E-state index < -0.39 is 0 Å². The molecule has 1 heterocycles. The van der Waals surface area contributed by atoms with Crippen molar-refractivity contribution in [3.05, 3.63) is 64.6 Å². The van der Waals surface area contributed by atoms with Gasteiger partial charge in [-0.1, -0.05) is 40.2 Å². The summed E-state index contributed by atoms with van der Waals surface area (Å²) in [5.74, 6) is 0.805. The number of halogens is 1. The second-order valence-corrected chi connectivity index (χ2v) is 7.47. The van der Waals surface area contributed by atoms with Gasteiger partial charge >= 0.3 is 0 Å². The molecule has 0 aromatic heterocycles. The van der Waals surface area contributed by atoms with Crippen LogP contribution in [0.15, 0.2) is 59.1 Å². The van der Waals surface area contributed by atoms with Crippen molar-refractivity contribution in [3.63, 3.8) is 0 Å². The Bertz CT molecular complexity index is 774. The molecule has 2 aromatic carbocycles. The van der Waals surface area contributed by atoms with Gasteiger partial charge in [0.1, 0.15) is 5.75 Å². The molecule has 0 radical (unpaired) electrons. The first-order chi connectivity index (χ1) is 13.1. The minimum Gasteiger partial charge on any atom is -0.493 e. The number of amides is 2. The van der Waals surface area contributed by atoms with E-state index in [9.17, 15) is 9.59 Å². The molecule has 27 heavy (non-hydrogen) atoms. The molecule has 3 rings (SSSR count). The van der Waals surface area contributed by atoms with Gasteiger partial charge in [0, 0.05) is 29.2 Å². The van der Waals surface area contributed by atoms with Crippen LogP contribution in [0.2, 0.25) is 0 Å². The van der Waals surface area contributed by atoms with Gasteiger partial charge in [-0.05, 0) is 43.2 Å². The molecule has 0 atom stereocenters. The summed E-state index contributed by atoms with van der Waals surface area (Å²) in [4.78, 5) is 26.5. The summed E-state index contributed by atoms with van der Waals surface area (Å²) >= 11 is 3.38. The molecular formula is C21H23BrN2O3. The monoisotopic (exact) mass is 430 g/mol. The van der Waals surface area contributed by atoms with Crippen LogP contribution in [0.4, 0.5) is 0 Å². The Morgan fingerprint density at radius 3 is 2.52 bits per heavy atom. The topological polar surface area (TPSA) is 58.6 Å². The third kappa shape index (κ3) is 5.82. The molecule has 1 N–H and O–H groups in total. The predicted octanol–water partition coefficient (Wildman–Crippen LogP) is 3.64. The highest BCUT2D eigenvalue weighted by Crippen LogP contribution is 2.15. The number of benzene rings is 2. The quantitative estimate of drug-likeness (QED) is 0.760. The first-order valence-electron chi connectivity index (χ1n) is 9.14. The van der Waals surface area contributed by atoms with Gasteiger partial charge < -0.3 is 15.0 Å². The van der Waals surface area contributed by atoms with Gasteiger partial charge in [0.15, 0.2) is 0 Å². The Labute approximate surface area is 167 Å². The molecule has 0 spiro atoms. The maximum Gasteiger partial charge on any atom is 0.251 e. The average Bonchev–Trinajstić information content (AvgIpc) is 2.69. The summed E-state index contributed by atoms with van der Waals surface area (Å²) in [6, 6.07) is 16.9. The van der Waals surface area contributed by atoms with Crippen LogP contribution in [-0.2, 0) is 4.79 Å². The molecule has 1 aliphatic heterocycles. The fourth-order valence-electron chi connectivity index (χ4n) is 3.10. The van der Waals surface area contributed by atoms with E-state index in [1.54, 1.807) is 12.1 Å². The van der Waals surface area contributed by atoms with E-state index in [1.165, 1.54) is 0 Å². The second-order valence-electron chi connectivity index (χ2n) is 6.55. The fourth-order valence-corrected chi connectivity index (χ4v) is 3.50. The first-order valence-corrected chi connectivity index (χ1v) is 9.93. The average molecular weight is 431 g/mol. The van der Waals surface area contributed by atoms with E-state index in [0.717, 1.165) is 23.1 Å². The van der Waals surface area contributed by atoms with Crippen molar-refractivity contribution in [2.24, 2.45) is 0 Å². The summed E-state index contributed by atoms with van der Waals surface area (Å²) in [6.45, 7) is 1.70. The van der Waals surface area contributed by atoms with Crippen LogP contribution in [0.1, 0.15) is 29.6 Å². The van der Waals surface area contributed by atoms with Crippen molar-refractivity contribution >= 4 is 27.7 Å². The minimum absolute atomic E-state index is 0.0719. The van der Waals surface area contributed by atoms with Crippen LogP contribution in [-0.4, -0.2) is 42.5 Å². The van der Waals surface area contributed by atoms with Crippen LogP contribution >= 0.6 is 15.9 Å². The molecule has 142 valence electrons. The van der Waals surface area contributed by atoms with Crippen LogP contribution in [0, 0.1) is 0 Å². The Balaban J connectivity index is 1.39. The molecule has 0 unspecified atom stereocenters. The molecule has 1 saturated heterocycles. The van der Waals surface area contributed by atoms with E-state index in [4.69, 9.17) is 4.74 Å². The van der Waals surface area contributed by atoms with E-state index >= 15 is 0 Å². The maximum absolute atomic E-state index is 12.3. The molecule has 0 saturated carbocycles. The van der Waals surface area contributed by atoms with Gasteiger partial charge in [0.2, 0.25) is 5.91 Å². The van der Waals surface area contributed by atoms with E-state index in [2.05, 4.69) is 21.2 Å². The third-order valence-corrected chi connectivity index (χ3v) is 5.09. The molecule has 1 aliphatic rings. The zero-order valence-electron chi connectivity index (χ0n) is 15.1. The number of rotatable bonds is 6. The minimum atomic E-state index is -0.0719. The molecule has 6 heteroatoms. The number of carbonyl (C=O) groups is 2. The molecule has 0 bridgehead atoms. The van der Waals surface area contributed by atoms with E-state index in [0.29, 0.717) is 31.7 Å². The van der Waals surface area contributed by atoms with Crippen molar-refractivity contribution in [2.75, 3.05) is 19.7 Å². The second kappa shape index (κ2) is 9.55. The molecule has 0 aliphatic carbocycles. The SMILES string of the molecule is O=C(NC1CCN(C(=O)CCOc2ccccc2)CC1)c1cccc(Br)c1. The van der Waals surface area contributed by atoms with Gasteiger partial charge in [-0.25, -0.2) is 0 Å². The zero-order chi connectivity index (χ0) is 19.1. The normalized spacial score (nSPS) is 14.6. The predicted molar refractivity (Wildman–Crippen MR) is 108 cm³/mol. The van der Waals surface area contributed by atoms with Crippen LogP contribution < -0.4 is 10.1 Å². The summed E-state index contributed by atoms with van der Waals surface area (Å²) in [5, 5.41) is 3.06. The van der Waals surface area contributed by atoms with Gasteiger partial charge in [-0.2, -0.15) is 0 Å². The Morgan fingerprint density at radius 1 is 1.07 bits per heavy atom. The molecule has 5 nitrogen and oxygen atoms in total. The lowest BCUT2D eigenvalue weighted by Crippen LogP contribution is -2.46. The lowest BCUT2D eigenvalue weighted by atomic mass is 10.0. The number of carbonyl (C=O) groups excluding carboxylic acids is 2. The fraction of sp³-hybridized carbons (Fsp3) is 0.333. The van der Waals surface area contributed by atoms with E-state index in [-0.39, 0.29) is 17.9 Å². The van der Waals surface area contributed by atoms with Gasteiger partial charge in [0.05, 0.1) is 13.0 Å². The molecular weight excluding hydrogens is 408 g/mol. The largest absolute Gasteiger partial charge is 0.493 e. The number of para-hydroxylation sites is 1. The lowest BCUT2D eigenvalue weighted by Gasteiger charge is -2.32. The van der Waals surface area contributed by atoms with Gasteiger partial charge in [-0.3, -0.25) is 9.59 Å². The first kappa shape index (κ1) is 19.4. The number of nitrogens with one attached hydrogen (secondary N) is 1. The summed E-state index contributed by atoms with van der Waals surface area (Å²) < 4.78 is 6.47. The summed E-state index contributed by atoms with van der Waals surface area (Å²) in [5.41, 5.74) is 0.640. The van der Waals surface area contributed by atoms with Crippen molar-refractivity contribution < 1.29 is 14.3 Å². The van der Waals surface area contributed by atoms with Crippen molar-refractivity contribution in [3.8, 4) is 5.75 Å². The van der Waals surface area contributed by atoms with Crippen LogP contribution in [0.5, 0.6) is 5.75 Å². The lowest BCUT2D eigenvalue weighted by molar-refractivity contribution is -0.132. The number of nitrogens with zero attached hydrogens (tertiary/aromatic N) is 1. The highest BCUT2D eigenvalue weighted by atomic mass is 79.9. The Morgan fingerprint density at radius 2 is 1.81 bits per heavy atom. The van der Waals surface area contributed by atoms with Crippen molar-refractivity contribution in [2.45, 2.75) is 25.3 Å². The van der Waals surface area contributed by atoms with Gasteiger partial charge in [0.25, 0.3) is 5.91 Å². The van der Waals surface area contributed by atoms with Crippen LogP contribution in [0.25, 0.3) is 0 Å². The zero-order valence-corrected chi connectivity index (χ0v) is 16.7. The third-order valence-electron chi connectivity index (χ3n) is 4.60. The van der Waals surface area contributed by atoms with E-state index in [1.807, 2.05) is 47.4 Å². The number of ether oxygens (including phenoxy) is 1. The standard InChI is InChI=1S/C21H23BrN2O3/c22-17-6-4-5-16(15-17)21(26)23-18-9-12-24(13-10-18)20(25)11-14-27-19-7-2-1-3-8-19/h1-8,15,18H,9-14H2,(H,23,26). The smallest absolute Gasteiger partial charge is 0.251 e. The van der Waals surface area contributed by atoms with Crippen molar-refractivity contribution in [1.82, 2.24) is 10.2 Å². The van der Waals surface area contributed by atoms with Crippen molar-refractivity contribution in [1.29, 1.82) is 0 Å². The number of hydrogen-bond acceptors (Lipinski definition) is 3. The highest BCUT2D eigenvalue weighted by Gasteiger charge is 2.24. The number of hydrogen-bond donors (Lipinski definition) is 1. The number of piperidine rings is 1. The van der Waals surface area contributed by atoms with Crippen LogP contribution in [0.3, 0.4) is 0 Å². The maximum atomic E-state index is 12.3. The Kier molecular flexibility index (Phi) is 6.87. The molecule has 1 fully saturated rings. The Hall–Kier alpha value is -2.34. The van der Waals surface area contributed by atoms with Gasteiger partial charge in [-0.15, -0.1) is 0 Å². The molecule has 2 aromatic rings. The highest BCUT2D eigenvalue weighted by molar-refractivity contribution is 9.10.